The molecular weight excluding hydrogens is 396 g/mol. The average Bonchev–Trinajstić information content (AvgIpc) is 3.73. The van der Waals surface area contributed by atoms with Crippen LogP contribution in [-0.2, 0) is 23.1 Å². The van der Waals surface area contributed by atoms with Crippen LogP contribution in [0.2, 0.25) is 0 Å². The van der Waals surface area contributed by atoms with Gasteiger partial charge in [-0.25, -0.2) is 0 Å². The van der Waals surface area contributed by atoms with Crippen LogP contribution in [0.5, 0.6) is 5.75 Å². The quantitative estimate of drug-likeness (QED) is 0.604. The molecule has 3 aromatic rings. The topological polar surface area (TPSA) is 55.6 Å². The van der Waals surface area contributed by atoms with Crippen molar-refractivity contribution in [2.45, 2.75) is 24.7 Å². The molecule has 0 spiro atoms. The van der Waals surface area contributed by atoms with Gasteiger partial charge in [0.1, 0.15) is 11.2 Å². The monoisotopic (exact) mass is 441 g/mol. The maximum absolute atomic E-state index is 13.9. The largest absolute Gasteiger partial charge is 0.493 e. The molecule has 4 heteroatoms. The van der Waals surface area contributed by atoms with E-state index in [2.05, 4.69) is 0 Å². The van der Waals surface area contributed by atoms with Gasteiger partial charge in [-0.1, -0.05) is 72.5 Å². The molecule has 2 N–H and O–H groups in total. The molecule has 1 atom stereocenters. The molecule has 2 heterocycles. The second-order valence-electron chi connectivity index (χ2n) is 7.70. The first-order valence-electron chi connectivity index (χ1n) is 17.8. The summed E-state index contributed by atoms with van der Waals surface area (Å²) in [5, 5.41) is 0. The molecule has 0 saturated carbocycles. The maximum atomic E-state index is 13.9. The number of amides is 1. The average molecular weight is 442 g/mol. The van der Waals surface area contributed by atoms with Crippen LogP contribution in [-0.4, -0.2) is 37.0 Å². The highest BCUT2D eigenvalue weighted by molar-refractivity contribution is 5.91. The van der Waals surface area contributed by atoms with Crippen LogP contribution in [0.4, 0.5) is 0 Å². The second-order valence-corrected chi connectivity index (χ2v) is 7.70. The van der Waals surface area contributed by atoms with E-state index in [4.69, 9.17) is 31.0 Å². The van der Waals surface area contributed by atoms with Crippen molar-refractivity contribution >= 4 is 5.91 Å². The van der Waals surface area contributed by atoms with Crippen LogP contribution >= 0.6 is 0 Å². The molecule has 5 rings (SSSR count). The summed E-state index contributed by atoms with van der Waals surface area (Å²) in [7, 11) is 0. The van der Waals surface area contributed by atoms with Gasteiger partial charge < -0.3 is 15.4 Å². The fourth-order valence-electron chi connectivity index (χ4n) is 4.44. The van der Waals surface area contributed by atoms with Crippen molar-refractivity contribution in [3.8, 4) is 5.75 Å². The number of carbonyl (C=O) groups excluding carboxylic acids is 1. The highest BCUT2D eigenvalue weighted by Crippen LogP contribution is 2.43. The lowest BCUT2D eigenvalue weighted by Crippen LogP contribution is -2.49. The Labute approximate surface area is 211 Å². The van der Waals surface area contributed by atoms with E-state index in [1.165, 1.54) is 4.90 Å². The van der Waals surface area contributed by atoms with Gasteiger partial charge in [0.15, 0.2) is 0 Å². The van der Waals surface area contributed by atoms with Crippen LogP contribution in [0.3, 0.4) is 0 Å². The minimum absolute atomic E-state index is 0.0369. The number of benzene rings is 3. The van der Waals surface area contributed by atoms with Gasteiger partial charge in [0.05, 0.1) is 24.4 Å². The third-order valence-electron chi connectivity index (χ3n) is 5.96. The predicted octanol–water partition coefficient (Wildman–Crippen LogP) is 3.96. The van der Waals surface area contributed by atoms with E-state index in [0.717, 1.165) is 0 Å². The first-order chi connectivity index (χ1) is 21.8. The van der Waals surface area contributed by atoms with Crippen LogP contribution in [0, 0.1) is 5.92 Å². The van der Waals surface area contributed by atoms with Gasteiger partial charge in [-0.3, -0.25) is 4.79 Å². The predicted molar refractivity (Wildman–Crippen MR) is 127 cm³/mol. The molecular formula is C28H30N2O2. The maximum Gasteiger partial charge on any atom is 0.232 e. The number of ether oxygens (including phenoxy) is 1. The summed E-state index contributed by atoms with van der Waals surface area (Å²) in [6.45, 7) is -2.63. The van der Waals surface area contributed by atoms with Crippen molar-refractivity contribution in [3.63, 3.8) is 0 Å². The summed E-state index contributed by atoms with van der Waals surface area (Å²) in [4.78, 5) is 15.1. The molecule has 4 nitrogen and oxygen atoms in total. The molecule has 0 radical (unpaired) electrons. The van der Waals surface area contributed by atoms with E-state index in [1.807, 2.05) is 0 Å². The highest BCUT2D eigenvalue weighted by Gasteiger charge is 2.49. The Morgan fingerprint density at radius 2 is 1.78 bits per heavy atom. The molecule has 32 heavy (non-hydrogen) atoms. The zero-order valence-electron chi connectivity index (χ0n) is 32.2. The van der Waals surface area contributed by atoms with Gasteiger partial charge >= 0.3 is 0 Å². The zero-order valence-corrected chi connectivity index (χ0v) is 17.2. The molecule has 0 bridgehead atoms. The summed E-state index contributed by atoms with van der Waals surface area (Å²) in [6, 6.07) is -9.22. The Morgan fingerprint density at radius 3 is 2.44 bits per heavy atom. The van der Waals surface area contributed by atoms with Crippen molar-refractivity contribution in [1.82, 2.24) is 4.90 Å². The summed E-state index contributed by atoms with van der Waals surface area (Å²) in [5.41, 5.74) is 2.40. The number of primary amides is 1. The number of rotatable bonds is 7. The number of hydrogen-bond donors (Lipinski definition) is 1. The van der Waals surface area contributed by atoms with E-state index >= 15 is 0 Å². The molecule has 1 amide bonds. The molecule has 1 fully saturated rings. The molecule has 2 aliphatic rings. The summed E-state index contributed by atoms with van der Waals surface area (Å²) in [6.07, 6.45) is -0.335. The molecule has 2 aliphatic heterocycles. The summed E-state index contributed by atoms with van der Waals surface area (Å²) < 4.78 is 133. The molecule has 3 aromatic carbocycles. The number of nitrogens with zero attached hydrogens (tertiary/aromatic N) is 1. The second kappa shape index (κ2) is 8.79. The zero-order chi connectivity index (χ0) is 35.1. The van der Waals surface area contributed by atoms with Crippen LogP contribution in [0.25, 0.3) is 0 Å². The lowest BCUT2D eigenvalue weighted by atomic mass is 9.64. The SMILES string of the molecule is [2H]c1c([2H])c([2H])c(C(C(N)=O)(c2c([2H])c([2H])c([2H])c([2H])c2[2H])[C@@H]2CCN(C([2H])([2H])Cc3c([2H])c([2H])c4c(c3[2H])CCO4)C2)c([2H])c1[2H]. The van der Waals surface area contributed by atoms with Crippen LogP contribution < -0.4 is 10.5 Å². The standard InChI is InChI=1S/C28H30N2O2/c29-27(31)28(23-7-3-1-4-8-23,24-9-5-2-6-10-24)25-14-17-30(20-25)16-13-21-11-12-26-22(19-21)15-18-32-26/h1-12,19,25H,13-18,20H2,(H2,29,31)/t25-/m1/s1/i1D,2D,3D,4D,5D,6D,7D,8D,9D,10D,11D,12D,16D2,19D. The first kappa shape index (κ1) is 9.80. The number of nitrogens with two attached hydrogens (primary N) is 1. The summed E-state index contributed by atoms with van der Waals surface area (Å²) in [5.74, 6) is -2.51. The van der Waals surface area contributed by atoms with E-state index in [9.17, 15) is 4.79 Å². The van der Waals surface area contributed by atoms with Crippen molar-refractivity contribution in [1.29, 1.82) is 0 Å². The van der Waals surface area contributed by atoms with Gasteiger partial charge in [0.2, 0.25) is 5.91 Å². The summed E-state index contributed by atoms with van der Waals surface area (Å²) >= 11 is 0. The molecule has 0 aliphatic carbocycles. The van der Waals surface area contributed by atoms with Gasteiger partial charge in [-0.15, -0.1) is 0 Å². The number of carbonyl (C=O) groups is 1. The van der Waals surface area contributed by atoms with Gasteiger partial charge in [0.25, 0.3) is 0 Å². The van der Waals surface area contributed by atoms with Crippen molar-refractivity contribution in [2.24, 2.45) is 11.7 Å². The molecule has 1 saturated heterocycles. The smallest absolute Gasteiger partial charge is 0.232 e. The molecule has 0 aromatic heterocycles. The van der Waals surface area contributed by atoms with E-state index < -0.39 is 108 Å². The normalized spacial score (nSPS) is 25.4. The highest BCUT2D eigenvalue weighted by atomic mass is 16.5. The van der Waals surface area contributed by atoms with Gasteiger partial charge in [0, 0.05) is 22.2 Å². The Balaban J connectivity index is 1.71. The van der Waals surface area contributed by atoms with E-state index in [1.54, 1.807) is 0 Å². The van der Waals surface area contributed by atoms with E-state index in [-0.39, 0.29) is 49.0 Å². The number of hydrogen-bond acceptors (Lipinski definition) is 3. The minimum atomic E-state index is -2.62. The van der Waals surface area contributed by atoms with Crippen LogP contribution in [0.1, 0.15) is 49.2 Å². The fraction of sp³-hybridized carbons (Fsp3) is 0.321. The lowest BCUT2D eigenvalue weighted by Gasteiger charge is -2.37. The van der Waals surface area contributed by atoms with Crippen molar-refractivity contribution in [2.75, 3.05) is 26.2 Å². The van der Waals surface area contributed by atoms with Crippen molar-refractivity contribution in [3.05, 3.63) is 101 Å². The lowest BCUT2D eigenvalue weighted by molar-refractivity contribution is -0.123. The van der Waals surface area contributed by atoms with Gasteiger partial charge in [-0.2, -0.15) is 0 Å². The third kappa shape index (κ3) is 3.69. The Hall–Kier alpha value is -3.11. The van der Waals surface area contributed by atoms with Crippen LogP contribution in [0.15, 0.2) is 78.6 Å². The van der Waals surface area contributed by atoms with E-state index in [0.29, 0.717) is 12.0 Å². The van der Waals surface area contributed by atoms with Gasteiger partial charge in [-0.05, 0) is 53.6 Å². The van der Waals surface area contributed by atoms with Crippen molar-refractivity contribution < 1.29 is 30.1 Å². The molecule has 0 unspecified atom stereocenters. The number of likely N-dealkylation sites (tertiary alicyclic amines) is 1. The fourth-order valence-corrected chi connectivity index (χ4v) is 4.44. The Morgan fingerprint density at radius 1 is 1.09 bits per heavy atom. The number of fused-ring (bicyclic) bond motifs is 1. The minimum Gasteiger partial charge on any atom is -0.493 e. The third-order valence-corrected chi connectivity index (χ3v) is 5.96. The Kier molecular flexibility index (Phi) is 2.69. The first-order valence-corrected chi connectivity index (χ1v) is 10.3. The Bertz CT molecular complexity index is 1720. The molecule has 164 valence electrons.